The third kappa shape index (κ3) is 12.2. The summed E-state index contributed by atoms with van der Waals surface area (Å²) in [7, 11) is 1.93. The lowest BCUT2D eigenvalue weighted by Crippen LogP contribution is -2.31. The van der Waals surface area contributed by atoms with Gasteiger partial charge in [-0.05, 0) is 12.0 Å². The van der Waals surface area contributed by atoms with Crippen LogP contribution in [0.25, 0.3) is 0 Å². The van der Waals surface area contributed by atoms with Crippen LogP contribution < -0.4 is 0 Å². The number of rotatable bonds is 17. The number of hydrogen-bond acceptors (Lipinski definition) is 1. The lowest BCUT2D eigenvalue weighted by Gasteiger charge is -2.21. The predicted octanol–water partition coefficient (Wildman–Crippen LogP) is 7.76. The Labute approximate surface area is 175 Å². The van der Waals surface area contributed by atoms with Crippen LogP contribution in [0.1, 0.15) is 109 Å². The summed E-state index contributed by atoms with van der Waals surface area (Å²) in [4.78, 5) is 14.4. The van der Waals surface area contributed by atoms with Crippen LogP contribution in [-0.2, 0) is 11.3 Å². The second kappa shape index (κ2) is 16.6. The van der Waals surface area contributed by atoms with E-state index in [4.69, 9.17) is 0 Å². The summed E-state index contributed by atoms with van der Waals surface area (Å²) in [5, 5.41) is 0. The average Bonchev–Trinajstić information content (AvgIpc) is 2.71. The molecule has 1 amide bonds. The Bertz CT molecular complexity index is 484. The number of nitrogens with zero attached hydrogens (tertiary/aromatic N) is 1. The van der Waals surface area contributed by atoms with E-state index in [1.807, 2.05) is 30.1 Å². The van der Waals surface area contributed by atoms with Crippen LogP contribution in [0.2, 0.25) is 0 Å². The minimum atomic E-state index is 0.140. The van der Waals surface area contributed by atoms with E-state index in [2.05, 4.69) is 26.0 Å². The molecule has 0 spiro atoms. The summed E-state index contributed by atoms with van der Waals surface area (Å²) in [5.74, 6) is 0.421. The van der Waals surface area contributed by atoms with Crippen LogP contribution in [-0.4, -0.2) is 17.9 Å². The lowest BCUT2D eigenvalue weighted by molar-refractivity contribution is -0.134. The van der Waals surface area contributed by atoms with Crippen LogP contribution in [0.3, 0.4) is 0 Å². The number of amides is 1. The summed E-state index contributed by atoms with van der Waals surface area (Å²) in [5.41, 5.74) is 1.20. The van der Waals surface area contributed by atoms with E-state index in [0.29, 0.717) is 6.54 Å². The Morgan fingerprint density at radius 1 is 0.786 bits per heavy atom. The van der Waals surface area contributed by atoms with Gasteiger partial charge < -0.3 is 4.90 Å². The van der Waals surface area contributed by atoms with Crippen LogP contribution in [0.15, 0.2) is 30.3 Å². The fraction of sp³-hybridized carbons (Fsp3) is 0.731. The van der Waals surface area contributed by atoms with Gasteiger partial charge in [0.25, 0.3) is 0 Å². The number of benzene rings is 1. The topological polar surface area (TPSA) is 20.3 Å². The lowest BCUT2D eigenvalue weighted by atomic mass is 10.00. The molecule has 1 aromatic rings. The molecule has 0 saturated carbocycles. The zero-order valence-corrected chi connectivity index (χ0v) is 18.9. The molecule has 0 aromatic heterocycles. The third-order valence-corrected chi connectivity index (χ3v) is 5.80. The standard InChI is InChI=1S/C26H45NO/c1-4-5-6-7-8-9-10-11-12-13-14-15-17-20-24(2)26(28)27(3)23-25-21-18-16-19-22-25/h16,18-19,21-22,24H,4-15,17,20,23H2,1-3H3. The number of hydrogen-bond donors (Lipinski definition) is 0. The number of unbranched alkanes of at least 4 members (excludes halogenated alkanes) is 12. The van der Waals surface area contributed by atoms with E-state index < -0.39 is 0 Å². The molecule has 0 N–H and O–H groups in total. The van der Waals surface area contributed by atoms with Gasteiger partial charge in [-0.25, -0.2) is 0 Å². The molecule has 0 bridgehead atoms. The van der Waals surface area contributed by atoms with Gasteiger partial charge in [-0.1, -0.05) is 128 Å². The molecule has 0 fully saturated rings. The molecule has 0 heterocycles. The number of carbonyl (C=O) groups is 1. The first-order chi connectivity index (χ1) is 13.6. The highest BCUT2D eigenvalue weighted by Gasteiger charge is 2.17. The van der Waals surface area contributed by atoms with Crippen molar-refractivity contribution < 1.29 is 4.79 Å². The molecule has 0 saturated heterocycles. The minimum Gasteiger partial charge on any atom is -0.341 e. The second-order valence-electron chi connectivity index (χ2n) is 8.61. The molecule has 1 atom stereocenters. The maximum atomic E-state index is 12.5. The molecule has 0 aliphatic rings. The average molecular weight is 388 g/mol. The Morgan fingerprint density at radius 2 is 1.25 bits per heavy atom. The van der Waals surface area contributed by atoms with Crippen molar-refractivity contribution in [3.63, 3.8) is 0 Å². The van der Waals surface area contributed by atoms with Gasteiger partial charge in [0.05, 0.1) is 0 Å². The SMILES string of the molecule is CCCCCCCCCCCCCCCC(C)C(=O)N(C)Cc1ccccc1. The molecule has 2 heteroatoms. The van der Waals surface area contributed by atoms with E-state index >= 15 is 0 Å². The van der Waals surface area contributed by atoms with E-state index in [1.165, 1.54) is 89.0 Å². The first-order valence-electron chi connectivity index (χ1n) is 11.9. The quantitative estimate of drug-likeness (QED) is 0.250. The smallest absolute Gasteiger partial charge is 0.225 e. The fourth-order valence-corrected chi connectivity index (χ4v) is 3.90. The fourth-order valence-electron chi connectivity index (χ4n) is 3.90. The van der Waals surface area contributed by atoms with Crippen molar-refractivity contribution >= 4 is 5.91 Å². The predicted molar refractivity (Wildman–Crippen MR) is 122 cm³/mol. The normalized spacial score (nSPS) is 12.1. The van der Waals surface area contributed by atoms with Crippen LogP contribution in [0.4, 0.5) is 0 Å². The molecule has 0 aliphatic heterocycles. The molecule has 1 rings (SSSR count). The van der Waals surface area contributed by atoms with Crippen molar-refractivity contribution in [2.45, 2.75) is 110 Å². The van der Waals surface area contributed by atoms with E-state index in [9.17, 15) is 4.79 Å². The molecule has 1 aromatic carbocycles. The highest BCUT2D eigenvalue weighted by atomic mass is 16.2. The van der Waals surface area contributed by atoms with Gasteiger partial charge in [0, 0.05) is 19.5 Å². The van der Waals surface area contributed by atoms with Gasteiger partial charge in [-0.2, -0.15) is 0 Å². The first kappa shape index (κ1) is 24.7. The van der Waals surface area contributed by atoms with Crippen LogP contribution >= 0.6 is 0 Å². The van der Waals surface area contributed by atoms with Crippen molar-refractivity contribution in [3.05, 3.63) is 35.9 Å². The van der Waals surface area contributed by atoms with Crippen molar-refractivity contribution in [2.24, 2.45) is 5.92 Å². The Kier molecular flexibility index (Phi) is 14.7. The largest absolute Gasteiger partial charge is 0.341 e. The monoisotopic (exact) mass is 387 g/mol. The van der Waals surface area contributed by atoms with Crippen molar-refractivity contribution in [1.29, 1.82) is 0 Å². The minimum absolute atomic E-state index is 0.140. The summed E-state index contributed by atoms with van der Waals surface area (Å²) in [6.45, 7) is 5.08. The highest BCUT2D eigenvalue weighted by Crippen LogP contribution is 2.16. The van der Waals surface area contributed by atoms with Crippen molar-refractivity contribution in [2.75, 3.05) is 7.05 Å². The third-order valence-electron chi connectivity index (χ3n) is 5.80. The van der Waals surface area contributed by atoms with Crippen LogP contribution in [0.5, 0.6) is 0 Å². The molecule has 2 nitrogen and oxygen atoms in total. The summed E-state index contributed by atoms with van der Waals surface area (Å²) in [6, 6.07) is 10.2. The van der Waals surface area contributed by atoms with Gasteiger partial charge in [0.2, 0.25) is 5.91 Å². The van der Waals surface area contributed by atoms with E-state index in [-0.39, 0.29) is 11.8 Å². The summed E-state index contributed by atoms with van der Waals surface area (Å²) < 4.78 is 0. The Morgan fingerprint density at radius 3 is 1.75 bits per heavy atom. The second-order valence-corrected chi connectivity index (χ2v) is 8.61. The molecular formula is C26H45NO. The van der Waals surface area contributed by atoms with Crippen molar-refractivity contribution in [3.8, 4) is 0 Å². The summed E-state index contributed by atoms with van der Waals surface area (Å²) in [6.07, 6.45) is 18.9. The van der Waals surface area contributed by atoms with Crippen molar-refractivity contribution in [1.82, 2.24) is 4.90 Å². The first-order valence-corrected chi connectivity index (χ1v) is 11.9. The molecule has 0 aliphatic carbocycles. The molecular weight excluding hydrogens is 342 g/mol. The van der Waals surface area contributed by atoms with E-state index in [0.717, 1.165) is 6.42 Å². The molecule has 0 radical (unpaired) electrons. The maximum Gasteiger partial charge on any atom is 0.225 e. The molecule has 28 heavy (non-hydrogen) atoms. The van der Waals surface area contributed by atoms with Crippen LogP contribution in [0, 0.1) is 5.92 Å². The molecule has 160 valence electrons. The summed E-state index contributed by atoms with van der Waals surface area (Å²) >= 11 is 0. The molecule has 1 unspecified atom stereocenters. The van der Waals surface area contributed by atoms with Gasteiger partial charge >= 0.3 is 0 Å². The Hall–Kier alpha value is -1.31. The zero-order chi connectivity index (χ0) is 20.5. The van der Waals surface area contributed by atoms with Gasteiger partial charge in [0.15, 0.2) is 0 Å². The van der Waals surface area contributed by atoms with Gasteiger partial charge in [-0.15, -0.1) is 0 Å². The Balaban J connectivity index is 1.95. The van der Waals surface area contributed by atoms with Gasteiger partial charge in [0.1, 0.15) is 0 Å². The number of carbonyl (C=O) groups excluding carboxylic acids is 1. The van der Waals surface area contributed by atoms with Gasteiger partial charge in [-0.3, -0.25) is 4.79 Å². The highest BCUT2D eigenvalue weighted by molar-refractivity contribution is 5.78. The maximum absolute atomic E-state index is 12.5. The van der Waals surface area contributed by atoms with E-state index in [1.54, 1.807) is 0 Å². The zero-order valence-electron chi connectivity index (χ0n) is 18.9.